The Labute approximate surface area is 307 Å². The van der Waals surface area contributed by atoms with Crippen LogP contribution in [0.25, 0.3) is 34.4 Å². The molecule has 2 aliphatic rings. The average molecular weight is 727 g/mol. The molecule has 2 atom stereocenters. The van der Waals surface area contributed by atoms with Crippen molar-refractivity contribution in [3.63, 3.8) is 0 Å². The maximum absolute atomic E-state index is 2.57. The van der Waals surface area contributed by atoms with Crippen LogP contribution in [0.3, 0.4) is 0 Å². The number of aryl methyl sites for hydroxylation is 2. The van der Waals surface area contributed by atoms with Crippen molar-refractivity contribution in [3.05, 3.63) is 129 Å². The first kappa shape index (κ1) is 35.3. The number of benzene rings is 4. The fourth-order valence-corrected chi connectivity index (χ4v) is 14.3. The van der Waals surface area contributed by atoms with Gasteiger partial charge < -0.3 is 0 Å². The van der Waals surface area contributed by atoms with Crippen LogP contribution in [0.1, 0.15) is 124 Å². The maximum atomic E-state index is 2.57. The Bertz CT molecular complexity index is 1600. The van der Waals surface area contributed by atoms with Gasteiger partial charge in [0.25, 0.3) is 0 Å². The number of fused-ring (bicyclic) bond motifs is 2. The van der Waals surface area contributed by atoms with E-state index in [1.54, 1.807) is 22.3 Å². The van der Waals surface area contributed by atoms with Crippen molar-refractivity contribution in [2.45, 2.75) is 116 Å². The van der Waals surface area contributed by atoms with Crippen LogP contribution in [-0.4, -0.2) is 5.92 Å². The van der Waals surface area contributed by atoms with E-state index in [9.17, 15) is 0 Å². The van der Waals surface area contributed by atoms with Crippen molar-refractivity contribution in [2.24, 2.45) is 0 Å². The van der Waals surface area contributed by atoms with Gasteiger partial charge in [-0.3, -0.25) is 0 Å². The van der Waals surface area contributed by atoms with Crippen molar-refractivity contribution in [1.82, 2.24) is 0 Å². The third kappa shape index (κ3) is 7.92. The first-order valence-electron chi connectivity index (χ1n) is 19.1. The zero-order valence-electron chi connectivity index (χ0n) is 30.0. The van der Waals surface area contributed by atoms with E-state index in [1.807, 2.05) is 23.9 Å². The molecular formula is C46H55SiZr. The number of unbranched alkanes of at least 4 members (excludes halogenated alkanes) is 4. The van der Waals surface area contributed by atoms with Crippen LogP contribution in [0.15, 0.2) is 96.1 Å². The van der Waals surface area contributed by atoms with Gasteiger partial charge >= 0.3 is 270 Å². The van der Waals surface area contributed by atoms with E-state index >= 15 is 0 Å². The van der Waals surface area contributed by atoms with Crippen molar-refractivity contribution in [2.75, 3.05) is 0 Å². The van der Waals surface area contributed by atoms with Crippen molar-refractivity contribution >= 4 is 18.1 Å². The molecule has 0 fully saturated rings. The summed E-state index contributed by atoms with van der Waals surface area (Å²) in [6.45, 7) is 9.32. The molecule has 0 saturated heterocycles. The van der Waals surface area contributed by atoms with Crippen LogP contribution in [0, 0.1) is 0 Å². The number of hydrogen-bond donors (Lipinski definition) is 0. The van der Waals surface area contributed by atoms with Gasteiger partial charge in [-0.05, 0) is 0 Å². The van der Waals surface area contributed by atoms with Gasteiger partial charge in [0.05, 0.1) is 0 Å². The molecule has 0 heterocycles. The summed E-state index contributed by atoms with van der Waals surface area (Å²) in [7, 11) is 0. The van der Waals surface area contributed by atoms with Gasteiger partial charge in [-0.25, -0.2) is 0 Å². The third-order valence-corrected chi connectivity index (χ3v) is 16.7. The monoisotopic (exact) mass is 725 g/mol. The fraction of sp³-hybridized carbons (Fsp3) is 0.391. The van der Waals surface area contributed by atoms with Crippen molar-refractivity contribution in [1.29, 1.82) is 0 Å². The van der Waals surface area contributed by atoms with Gasteiger partial charge in [-0.15, -0.1) is 0 Å². The summed E-state index contributed by atoms with van der Waals surface area (Å²) in [4.78, 5) is 0. The van der Waals surface area contributed by atoms with E-state index in [0.29, 0.717) is 11.8 Å². The SMILES string of the molecule is CCCCCc1ccc(-c2cccc3c2C=C(CC)C3C[SiH]([Zr])CC2C(CC)=Cc3c(-c4ccc(CCCCC)cc4)cccc32)cc1. The minimum absolute atomic E-state index is 0.603. The predicted octanol–water partition coefficient (Wildman–Crippen LogP) is 13.2. The molecule has 0 radical (unpaired) electrons. The number of hydrogen-bond acceptors (Lipinski definition) is 0. The molecule has 247 valence electrons. The molecule has 0 N–H and O–H groups in total. The number of allylic oxidation sites excluding steroid dienone is 2. The van der Waals surface area contributed by atoms with Gasteiger partial charge in [0, 0.05) is 0 Å². The topological polar surface area (TPSA) is 0 Å². The van der Waals surface area contributed by atoms with E-state index in [2.05, 4.69) is 125 Å². The van der Waals surface area contributed by atoms with Crippen molar-refractivity contribution < 1.29 is 23.9 Å². The molecule has 0 nitrogen and oxygen atoms in total. The Morgan fingerprint density at radius 2 is 0.938 bits per heavy atom. The van der Waals surface area contributed by atoms with E-state index in [4.69, 9.17) is 0 Å². The Morgan fingerprint density at radius 1 is 0.521 bits per heavy atom. The molecule has 4 aromatic rings. The van der Waals surface area contributed by atoms with Crippen LogP contribution in [0.4, 0.5) is 0 Å². The molecule has 2 heteroatoms. The molecule has 0 amide bonds. The zero-order chi connectivity index (χ0) is 33.5. The van der Waals surface area contributed by atoms with E-state index in [-0.39, 0.29) is 0 Å². The summed E-state index contributed by atoms with van der Waals surface area (Å²) < 4.78 is 0. The van der Waals surface area contributed by atoms with Crippen LogP contribution in [0.5, 0.6) is 0 Å². The molecule has 4 aromatic carbocycles. The zero-order valence-corrected chi connectivity index (χ0v) is 33.6. The third-order valence-electron chi connectivity index (χ3n) is 11.1. The first-order valence-corrected chi connectivity index (χ1v) is 25.6. The Morgan fingerprint density at radius 3 is 1.31 bits per heavy atom. The fourth-order valence-electron chi connectivity index (χ4n) is 8.35. The van der Waals surface area contributed by atoms with Gasteiger partial charge in [0.2, 0.25) is 0 Å². The van der Waals surface area contributed by atoms with E-state index in [0.717, 1.165) is 12.8 Å². The van der Waals surface area contributed by atoms with Gasteiger partial charge in [-0.1, -0.05) is 39.5 Å². The summed E-state index contributed by atoms with van der Waals surface area (Å²) in [5, 5.41) is 0. The quantitative estimate of drug-likeness (QED) is 0.0796. The van der Waals surface area contributed by atoms with Crippen LogP contribution < -0.4 is 0 Å². The Kier molecular flexibility index (Phi) is 12.4. The Hall–Kier alpha value is -2.54. The second kappa shape index (κ2) is 16.9. The molecule has 2 unspecified atom stereocenters. The molecule has 2 aliphatic carbocycles. The van der Waals surface area contributed by atoms with Crippen LogP contribution in [0.2, 0.25) is 12.1 Å². The summed E-state index contributed by atoms with van der Waals surface area (Å²) in [6.07, 6.45) is 17.6. The second-order valence-electron chi connectivity index (χ2n) is 14.3. The first-order chi connectivity index (χ1) is 23.5. The molecular weight excluding hydrogens is 672 g/mol. The van der Waals surface area contributed by atoms with Gasteiger partial charge in [-0.2, -0.15) is 0 Å². The molecule has 0 spiro atoms. The predicted molar refractivity (Wildman–Crippen MR) is 209 cm³/mol. The summed E-state index contributed by atoms with van der Waals surface area (Å²) in [5.74, 6) is 0.263. The summed E-state index contributed by atoms with van der Waals surface area (Å²) in [5.41, 5.74) is 18.0. The molecule has 0 aromatic heterocycles. The minimum atomic E-state index is -0.944. The van der Waals surface area contributed by atoms with Crippen LogP contribution >= 0.6 is 0 Å². The second-order valence-corrected chi connectivity index (χ2v) is 22.7. The number of rotatable bonds is 16. The van der Waals surface area contributed by atoms with Gasteiger partial charge in [0.1, 0.15) is 0 Å². The normalized spacial score (nSPS) is 17.1. The molecule has 0 bridgehead atoms. The van der Waals surface area contributed by atoms with Crippen molar-refractivity contribution in [3.8, 4) is 22.3 Å². The summed E-state index contributed by atoms with van der Waals surface area (Å²) in [6, 6.07) is 36.0. The molecule has 6 rings (SSSR count). The van der Waals surface area contributed by atoms with Gasteiger partial charge in [0.15, 0.2) is 0 Å². The van der Waals surface area contributed by atoms with Crippen LogP contribution in [-0.2, 0) is 36.7 Å². The van der Waals surface area contributed by atoms with E-state index < -0.39 is 5.92 Å². The molecule has 0 saturated carbocycles. The average Bonchev–Trinajstić information content (AvgIpc) is 3.66. The Balaban J connectivity index is 1.19. The van der Waals surface area contributed by atoms with E-state index in [1.165, 1.54) is 108 Å². The molecule has 48 heavy (non-hydrogen) atoms. The summed E-state index contributed by atoms with van der Waals surface area (Å²) >= 11 is 1.82. The standard InChI is InChI=1S/C46H55Si.Zr/c1-5-9-11-15-33-21-25-37(26-22-33)39-17-13-19-41-43(39)29-35(7-3)45(41)31-47-32-46-36(8-4)30-44-40(18-14-20-42(44)46)38-27-23-34(24-28-38)16-12-10-6-2;/h13-14,17-30,45-47H,5-12,15-16,31-32H2,1-4H3;. The molecule has 0 aliphatic heterocycles.